The van der Waals surface area contributed by atoms with E-state index in [2.05, 4.69) is 4.98 Å². The minimum Gasteiger partial charge on any atom is -0.507 e. The van der Waals surface area contributed by atoms with Gasteiger partial charge in [-0.2, -0.15) is 0 Å². The number of nitro benzene ring substituents is 1. The third-order valence-electron chi connectivity index (χ3n) is 5.73. The van der Waals surface area contributed by atoms with Crippen molar-refractivity contribution < 1.29 is 19.6 Å². The number of benzene rings is 3. The van der Waals surface area contributed by atoms with E-state index in [-0.39, 0.29) is 22.2 Å². The van der Waals surface area contributed by atoms with Gasteiger partial charge in [-0.05, 0) is 42.8 Å². The Labute approximate surface area is 207 Å². The molecule has 0 saturated carbocycles. The van der Waals surface area contributed by atoms with Gasteiger partial charge in [-0.1, -0.05) is 52.8 Å². The summed E-state index contributed by atoms with van der Waals surface area (Å²) in [5.74, 6) is -2.06. The maximum absolute atomic E-state index is 13.3. The Balaban J connectivity index is 1.72. The van der Waals surface area contributed by atoms with Gasteiger partial charge in [-0.25, -0.2) is 4.98 Å². The number of ketones is 1. The summed E-state index contributed by atoms with van der Waals surface area (Å²) in [7, 11) is 0. The van der Waals surface area contributed by atoms with E-state index in [1.165, 1.54) is 40.5 Å². The Morgan fingerprint density at radius 1 is 1.09 bits per heavy atom. The van der Waals surface area contributed by atoms with Crippen LogP contribution in [0.15, 0.2) is 72.3 Å². The molecule has 1 amide bonds. The van der Waals surface area contributed by atoms with Gasteiger partial charge in [0.1, 0.15) is 5.76 Å². The molecule has 1 aliphatic heterocycles. The third kappa shape index (κ3) is 3.94. The second kappa shape index (κ2) is 8.61. The van der Waals surface area contributed by atoms with Crippen LogP contribution in [0.2, 0.25) is 5.02 Å². The first-order valence-corrected chi connectivity index (χ1v) is 11.6. The second-order valence-electron chi connectivity index (χ2n) is 7.99. The molecular weight excluding hydrogens is 490 g/mol. The van der Waals surface area contributed by atoms with Crippen molar-refractivity contribution in [3.8, 4) is 0 Å². The molecule has 2 heterocycles. The van der Waals surface area contributed by atoms with E-state index in [9.17, 15) is 24.8 Å². The number of aliphatic hydroxyl groups excluding tert-OH is 1. The predicted molar refractivity (Wildman–Crippen MR) is 134 cm³/mol. The van der Waals surface area contributed by atoms with Crippen molar-refractivity contribution in [3.63, 3.8) is 0 Å². The lowest BCUT2D eigenvalue weighted by Crippen LogP contribution is -2.29. The van der Waals surface area contributed by atoms with Crippen molar-refractivity contribution in [1.82, 2.24) is 4.98 Å². The number of halogens is 1. The Hall–Kier alpha value is -4.08. The Kier molecular flexibility index (Phi) is 5.58. The van der Waals surface area contributed by atoms with Crippen LogP contribution < -0.4 is 4.90 Å². The summed E-state index contributed by atoms with van der Waals surface area (Å²) in [6.07, 6.45) is 0. The number of carbonyl (C=O) groups excluding carboxylic acids is 2. The van der Waals surface area contributed by atoms with Crippen LogP contribution >= 0.6 is 22.9 Å². The Morgan fingerprint density at radius 2 is 1.77 bits per heavy atom. The summed E-state index contributed by atoms with van der Waals surface area (Å²) in [6, 6.07) is 16.5. The molecule has 1 saturated heterocycles. The van der Waals surface area contributed by atoms with Gasteiger partial charge in [0, 0.05) is 22.7 Å². The van der Waals surface area contributed by atoms with Crippen molar-refractivity contribution >= 4 is 61.4 Å². The number of Topliss-reactive ketones (excluding diaryl/α,β-unsaturated/α-hetero) is 1. The zero-order valence-corrected chi connectivity index (χ0v) is 19.7. The average Bonchev–Trinajstić information content (AvgIpc) is 3.37. The van der Waals surface area contributed by atoms with Crippen molar-refractivity contribution in [2.24, 2.45) is 0 Å². The first-order chi connectivity index (χ1) is 16.7. The molecule has 0 radical (unpaired) electrons. The van der Waals surface area contributed by atoms with Crippen LogP contribution in [0.25, 0.3) is 16.0 Å². The van der Waals surface area contributed by atoms with Gasteiger partial charge in [-0.3, -0.25) is 24.6 Å². The maximum Gasteiger partial charge on any atom is 0.301 e. The van der Waals surface area contributed by atoms with E-state index in [1.54, 1.807) is 42.5 Å². The highest BCUT2D eigenvalue weighted by atomic mass is 35.5. The van der Waals surface area contributed by atoms with Crippen molar-refractivity contribution in [2.45, 2.75) is 13.0 Å². The molecule has 1 fully saturated rings. The third-order valence-corrected chi connectivity index (χ3v) is 6.99. The largest absolute Gasteiger partial charge is 0.507 e. The fourth-order valence-electron chi connectivity index (χ4n) is 3.98. The number of aryl methyl sites for hydroxylation is 1. The SMILES string of the molecule is Cc1ccc(C(O)=C2C(=O)C(=O)N(c3nc4ccc(Cl)cc4s3)C2c2ccc([N+](=O)[O-])cc2)cc1. The zero-order chi connectivity index (χ0) is 24.9. The number of thiazole rings is 1. The molecule has 1 unspecified atom stereocenters. The lowest BCUT2D eigenvalue weighted by Gasteiger charge is -2.22. The van der Waals surface area contributed by atoms with Crippen molar-refractivity contribution in [1.29, 1.82) is 0 Å². The highest BCUT2D eigenvalue weighted by molar-refractivity contribution is 7.22. The van der Waals surface area contributed by atoms with Gasteiger partial charge in [0.25, 0.3) is 11.5 Å². The van der Waals surface area contributed by atoms with Gasteiger partial charge in [-0.15, -0.1) is 0 Å². The number of non-ortho nitro benzene ring substituents is 1. The van der Waals surface area contributed by atoms with E-state index in [4.69, 9.17) is 11.6 Å². The van der Waals surface area contributed by atoms with Crippen LogP contribution in [-0.2, 0) is 9.59 Å². The smallest absolute Gasteiger partial charge is 0.301 e. The topological polar surface area (TPSA) is 114 Å². The van der Waals surface area contributed by atoms with Gasteiger partial charge < -0.3 is 5.11 Å². The normalized spacial score (nSPS) is 17.3. The number of rotatable bonds is 4. The number of nitrogens with zero attached hydrogens (tertiary/aromatic N) is 3. The molecule has 8 nitrogen and oxygen atoms in total. The molecule has 35 heavy (non-hydrogen) atoms. The molecular formula is C25H16ClN3O5S. The minimum absolute atomic E-state index is 0.120. The Morgan fingerprint density at radius 3 is 2.43 bits per heavy atom. The molecule has 1 atom stereocenters. The number of aliphatic hydroxyl groups is 1. The molecule has 1 aliphatic rings. The highest BCUT2D eigenvalue weighted by Crippen LogP contribution is 2.44. The first kappa shape index (κ1) is 22.7. The van der Waals surface area contributed by atoms with E-state index >= 15 is 0 Å². The zero-order valence-electron chi connectivity index (χ0n) is 18.1. The average molecular weight is 506 g/mol. The highest BCUT2D eigenvalue weighted by Gasteiger charge is 2.48. The Bertz CT molecular complexity index is 1540. The first-order valence-electron chi connectivity index (χ1n) is 10.4. The molecule has 4 aromatic rings. The fraction of sp³-hybridized carbons (Fsp3) is 0.0800. The molecule has 5 rings (SSSR count). The monoisotopic (exact) mass is 505 g/mol. The molecule has 0 bridgehead atoms. The summed E-state index contributed by atoms with van der Waals surface area (Å²) in [5, 5.41) is 23.1. The van der Waals surface area contributed by atoms with E-state index < -0.39 is 22.7 Å². The van der Waals surface area contributed by atoms with Crippen LogP contribution in [0.5, 0.6) is 0 Å². The number of carbonyl (C=O) groups is 2. The van der Waals surface area contributed by atoms with Crippen LogP contribution in [-0.4, -0.2) is 26.7 Å². The minimum atomic E-state index is -1.03. The lowest BCUT2D eigenvalue weighted by atomic mass is 9.95. The fourth-order valence-corrected chi connectivity index (χ4v) is 5.25. The molecule has 10 heteroatoms. The molecule has 174 valence electrons. The number of fused-ring (bicyclic) bond motifs is 1. The quantitative estimate of drug-likeness (QED) is 0.123. The number of hydrogen-bond acceptors (Lipinski definition) is 7. The standard InChI is InChI=1S/C25H16ClN3O5S/c1-13-2-4-15(5-3-13)22(30)20-21(14-6-9-17(10-7-14)29(33)34)28(24(32)23(20)31)25-27-18-11-8-16(26)12-19(18)35-25/h2-12,21,30H,1H3. The number of aromatic nitrogens is 1. The van der Waals surface area contributed by atoms with Crippen molar-refractivity contribution in [3.05, 3.63) is 104 Å². The van der Waals surface area contributed by atoms with Gasteiger partial charge in [0.2, 0.25) is 0 Å². The predicted octanol–water partition coefficient (Wildman–Crippen LogP) is 5.79. The summed E-state index contributed by atoms with van der Waals surface area (Å²) < 4.78 is 0.718. The van der Waals surface area contributed by atoms with Crippen LogP contribution in [0, 0.1) is 17.0 Å². The summed E-state index contributed by atoms with van der Waals surface area (Å²) in [6.45, 7) is 1.89. The van der Waals surface area contributed by atoms with E-state index in [0.717, 1.165) is 10.3 Å². The number of nitro groups is 1. The molecule has 3 aromatic carbocycles. The van der Waals surface area contributed by atoms with Gasteiger partial charge >= 0.3 is 5.91 Å². The second-order valence-corrected chi connectivity index (χ2v) is 9.44. The molecule has 1 aromatic heterocycles. The number of amides is 1. The van der Waals surface area contributed by atoms with Crippen LogP contribution in [0.3, 0.4) is 0 Å². The van der Waals surface area contributed by atoms with Crippen LogP contribution in [0.4, 0.5) is 10.8 Å². The summed E-state index contributed by atoms with van der Waals surface area (Å²) in [4.78, 5) is 42.9. The molecule has 0 aliphatic carbocycles. The van der Waals surface area contributed by atoms with Crippen molar-refractivity contribution in [2.75, 3.05) is 4.90 Å². The summed E-state index contributed by atoms with van der Waals surface area (Å²) in [5.41, 5.74) is 2.08. The summed E-state index contributed by atoms with van der Waals surface area (Å²) >= 11 is 7.27. The van der Waals surface area contributed by atoms with Gasteiger partial charge in [0.15, 0.2) is 5.13 Å². The maximum atomic E-state index is 13.3. The van der Waals surface area contributed by atoms with E-state index in [0.29, 0.717) is 21.7 Å². The van der Waals surface area contributed by atoms with E-state index in [1.807, 2.05) is 6.92 Å². The van der Waals surface area contributed by atoms with Gasteiger partial charge in [0.05, 0.1) is 26.8 Å². The molecule has 0 spiro atoms. The lowest BCUT2D eigenvalue weighted by molar-refractivity contribution is -0.384. The number of hydrogen-bond donors (Lipinski definition) is 1. The number of anilines is 1. The van der Waals surface area contributed by atoms with Crippen LogP contribution in [0.1, 0.15) is 22.7 Å². The molecule has 1 N–H and O–H groups in total.